The molecule has 3 heteroatoms. The number of methoxy groups -OCH3 is 1. The van der Waals surface area contributed by atoms with Crippen LogP contribution in [-0.2, 0) is 4.74 Å². The standard InChI is InChI=1S/C13H28N2O/c1-3-5-13-6-10-15(12-13)9-4-7-14-8-11-16-2/h13-14H,3-12H2,1-2H3. The quantitative estimate of drug-likeness (QED) is 0.608. The maximum atomic E-state index is 4.99. The first kappa shape index (κ1) is 13.9. The molecule has 96 valence electrons. The van der Waals surface area contributed by atoms with Crippen LogP contribution in [-0.4, -0.2) is 51.3 Å². The number of nitrogens with one attached hydrogen (secondary N) is 1. The van der Waals surface area contributed by atoms with Gasteiger partial charge in [-0.25, -0.2) is 0 Å². The number of rotatable bonds is 9. The molecule has 0 aliphatic carbocycles. The third kappa shape index (κ3) is 5.83. The third-order valence-corrected chi connectivity index (χ3v) is 3.38. The highest BCUT2D eigenvalue weighted by atomic mass is 16.5. The van der Waals surface area contributed by atoms with Gasteiger partial charge in [0.2, 0.25) is 0 Å². The molecule has 0 amide bonds. The Hall–Kier alpha value is -0.120. The van der Waals surface area contributed by atoms with Crippen LogP contribution in [0.4, 0.5) is 0 Å². The number of ether oxygens (including phenoxy) is 1. The van der Waals surface area contributed by atoms with Gasteiger partial charge in [-0.05, 0) is 44.8 Å². The van der Waals surface area contributed by atoms with E-state index < -0.39 is 0 Å². The van der Waals surface area contributed by atoms with E-state index in [-0.39, 0.29) is 0 Å². The lowest BCUT2D eigenvalue weighted by molar-refractivity contribution is 0.198. The van der Waals surface area contributed by atoms with E-state index in [1.165, 1.54) is 45.3 Å². The Labute approximate surface area is 101 Å². The highest BCUT2D eigenvalue weighted by Crippen LogP contribution is 2.20. The third-order valence-electron chi connectivity index (χ3n) is 3.38. The van der Waals surface area contributed by atoms with Crippen LogP contribution in [0.15, 0.2) is 0 Å². The second kappa shape index (κ2) is 8.97. The van der Waals surface area contributed by atoms with E-state index >= 15 is 0 Å². The van der Waals surface area contributed by atoms with Crippen molar-refractivity contribution in [3.8, 4) is 0 Å². The summed E-state index contributed by atoms with van der Waals surface area (Å²) in [6.07, 6.45) is 5.45. The fourth-order valence-corrected chi connectivity index (χ4v) is 2.49. The van der Waals surface area contributed by atoms with Crippen molar-refractivity contribution >= 4 is 0 Å². The van der Waals surface area contributed by atoms with E-state index in [2.05, 4.69) is 17.1 Å². The molecule has 1 atom stereocenters. The van der Waals surface area contributed by atoms with Gasteiger partial charge in [0.1, 0.15) is 0 Å². The van der Waals surface area contributed by atoms with Gasteiger partial charge in [0.15, 0.2) is 0 Å². The second-order valence-corrected chi connectivity index (χ2v) is 4.84. The molecule has 1 heterocycles. The summed E-state index contributed by atoms with van der Waals surface area (Å²) in [5.41, 5.74) is 0. The number of nitrogens with zero attached hydrogens (tertiary/aromatic N) is 1. The molecule has 1 aliphatic heterocycles. The normalized spacial score (nSPS) is 21.8. The van der Waals surface area contributed by atoms with Crippen molar-refractivity contribution in [1.29, 1.82) is 0 Å². The van der Waals surface area contributed by atoms with Crippen molar-refractivity contribution < 1.29 is 4.74 Å². The molecule has 1 unspecified atom stereocenters. The first-order chi connectivity index (χ1) is 7.86. The molecule has 1 N–H and O–H groups in total. The Morgan fingerprint density at radius 3 is 3.00 bits per heavy atom. The maximum Gasteiger partial charge on any atom is 0.0587 e. The van der Waals surface area contributed by atoms with Crippen molar-refractivity contribution in [3.05, 3.63) is 0 Å². The van der Waals surface area contributed by atoms with Crippen LogP contribution in [0.5, 0.6) is 0 Å². The van der Waals surface area contributed by atoms with E-state index in [9.17, 15) is 0 Å². The molecule has 0 aromatic heterocycles. The zero-order valence-corrected chi connectivity index (χ0v) is 11.0. The average Bonchev–Trinajstić information content (AvgIpc) is 2.72. The van der Waals surface area contributed by atoms with Gasteiger partial charge in [0.05, 0.1) is 6.61 Å². The Balaban J connectivity index is 1.90. The summed E-state index contributed by atoms with van der Waals surface area (Å²) in [6.45, 7) is 9.15. The molecule has 0 aromatic carbocycles. The van der Waals surface area contributed by atoms with Crippen LogP contribution in [0.2, 0.25) is 0 Å². The van der Waals surface area contributed by atoms with Crippen molar-refractivity contribution in [2.75, 3.05) is 46.4 Å². The van der Waals surface area contributed by atoms with Crippen LogP contribution >= 0.6 is 0 Å². The predicted molar refractivity (Wildman–Crippen MR) is 68.8 cm³/mol. The summed E-state index contributed by atoms with van der Waals surface area (Å²) in [5.74, 6) is 0.978. The van der Waals surface area contributed by atoms with Gasteiger partial charge in [-0.1, -0.05) is 13.3 Å². The summed E-state index contributed by atoms with van der Waals surface area (Å²) in [7, 11) is 1.75. The molecule has 1 saturated heterocycles. The summed E-state index contributed by atoms with van der Waals surface area (Å²) in [6, 6.07) is 0. The largest absolute Gasteiger partial charge is 0.383 e. The van der Waals surface area contributed by atoms with Gasteiger partial charge in [-0.15, -0.1) is 0 Å². The Kier molecular flexibility index (Phi) is 7.81. The zero-order valence-electron chi connectivity index (χ0n) is 11.0. The van der Waals surface area contributed by atoms with Crippen molar-refractivity contribution in [3.63, 3.8) is 0 Å². The SMILES string of the molecule is CCCC1CCN(CCCNCCOC)C1. The second-order valence-electron chi connectivity index (χ2n) is 4.84. The van der Waals surface area contributed by atoms with Gasteiger partial charge < -0.3 is 15.0 Å². The number of hydrogen-bond donors (Lipinski definition) is 1. The lowest BCUT2D eigenvalue weighted by atomic mass is 10.0. The van der Waals surface area contributed by atoms with Crippen molar-refractivity contribution in [1.82, 2.24) is 10.2 Å². The Morgan fingerprint density at radius 1 is 1.38 bits per heavy atom. The minimum Gasteiger partial charge on any atom is -0.383 e. The molecule has 0 radical (unpaired) electrons. The molecule has 1 aliphatic rings. The molecule has 3 nitrogen and oxygen atoms in total. The summed E-state index contributed by atoms with van der Waals surface area (Å²) in [5, 5.41) is 3.39. The van der Waals surface area contributed by atoms with Crippen LogP contribution < -0.4 is 5.32 Å². The Bertz CT molecular complexity index is 164. The Morgan fingerprint density at radius 2 is 2.25 bits per heavy atom. The molecular weight excluding hydrogens is 200 g/mol. The lowest BCUT2D eigenvalue weighted by Crippen LogP contribution is -2.27. The van der Waals surface area contributed by atoms with Crippen molar-refractivity contribution in [2.45, 2.75) is 32.6 Å². The van der Waals surface area contributed by atoms with Gasteiger partial charge in [0, 0.05) is 20.2 Å². The first-order valence-electron chi connectivity index (χ1n) is 6.78. The number of hydrogen-bond acceptors (Lipinski definition) is 3. The van der Waals surface area contributed by atoms with Crippen LogP contribution in [0.1, 0.15) is 32.6 Å². The topological polar surface area (TPSA) is 24.5 Å². The molecule has 0 saturated carbocycles. The van der Waals surface area contributed by atoms with E-state index in [4.69, 9.17) is 4.74 Å². The highest BCUT2D eigenvalue weighted by molar-refractivity contribution is 4.75. The molecule has 0 aromatic rings. The predicted octanol–water partition coefficient (Wildman–Crippen LogP) is 1.73. The highest BCUT2D eigenvalue weighted by Gasteiger charge is 2.20. The fourth-order valence-electron chi connectivity index (χ4n) is 2.49. The average molecular weight is 228 g/mol. The van der Waals surface area contributed by atoms with Gasteiger partial charge >= 0.3 is 0 Å². The molecule has 0 bridgehead atoms. The smallest absolute Gasteiger partial charge is 0.0587 e. The van der Waals surface area contributed by atoms with E-state index in [1.807, 2.05) is 0 Å². The van der Waals surface area contributed by atoms with E-state index in [0.717, 1.165) is 25.6 Å². The molecule has 1 fully saturated rings. The zero-order chi connectivity index (χ0) is 11.6. The van der Waals surface area contributed by atoms with Crippen molar-refractivity contribution in [2.24, 2.45) is 5.92 Å². The summed E-state index contributed by atoms with van der Waals surface area (Å²) in [4.78, 5) is 2.62. The first-order valence-corrected chi connectivity index (χ1v) is 6.78. The minimum absolute atomic E-state index is 0.822. The van der Waals surface area contributed by atoms with Gasteiger partial charge in [-0.2, -0.15) is 0 Å². The summed E-state index contributed by atoms with van der Waals surface area (Å²) < 4.78 is 4.99. The van der Waals surface area contributed by atoms with Gasteiger partial charge in [-0.3, -0.25) is 0 Å². The number of likely N-dealkylation sites (tertiary alicyclic amines) is 1. The lowest BCUT2D eigenvalue weighted by Gasteiger charge is -2.15. The van der Waals surface area contributed by atoms with Crippen LogP contribution in [0.3, 0.4) is 0 Å². The van der Waals surface area contributed by atoms with Crippen LogP contribution in [0.25, 0.3) is 0 Å². The maximum absolute atomic E-state index is 4.99. The van der Waals surface area contributed by atoms with Gasteiger partial charge in [0.25, 0.3) is 0 Å². The fraction of sp³-hybridized carbons (Fsp3) is 1.00. The monoisotopic (exact) mass is 228 g/mol. The van der Waals surface area contributed by atoms with E-state index in [0.29, 0.717) is 0 Å². The molecular formula is C13H28N2O. The molecule has 16 heavy (non-hydrogen) atoms. The summed E-state index contributed by atoms with van der Waals surface area (Å²) >= 11 is 0. The molecule has 1 rings (SSSR count). The minimum atomic E-state index is 0.822. The van der Waals surface area contributed by atoms with E-state index in [1.54, 1.807) is 7.11 Å². The molecule has 0 spiro atoms. The van der Waals surface area contributed by atoms with Crippen LogP contribution in [0, 0.1) is 5.92 Å².